The molecule has 28 heavy (non-hydrogen) atoms. The summed E-state index contributed by atoms with van der Waals surface area (Å²) in [5.74, 6) is -0.400. The second-order valence-corrected chi connectivity index (χ2v) is 6.71. The number of rotatable bonds is 5. The number of anilines is 1. The number of carbonyl (C=O) groups excluding carboxylic acids is 1. The van der Waals surface area contributed by atoms with Crippen LogP contribution in [0.3, 0.4) is 0 Å². The van der Waals surface area contributed by atoms with E-state index in [-0.39, 0.29) is 18.1 Å². The van der Waals surface area contributed by atoms with E-state index in [9.17, 15) is 22.8 Å². The Morgan fingerprint density at radius 3 is 2.75 bits per heavy atom. The summed E-state index contributed by atoms with van der Waals surface area (Å²) in [7, 11) is 1.53. The summed E-state index contributed by atoms with van der Waals surface area (Å²) in [6.07, 6.45) is 0.413. The highest BCUT2D eigenvalue weighted by Crippen LogP contribution is 2.44. The average molecular weight is 396 g/mol. The third-order valence-corrected chi connectivity index (χ3v) is 4.83. The lowest BCUT2D eigenvalue weighted by atomic mass is 9.64. The van der Waals surface area contributed by atoms with E-state index in [2.05, 4.69) is 20.4 Å². The number of nitrogens with one attached hydrogen (secondary N) is 2. The van der Waals surface area contributed by atoms with E-state index in [4.69, 9.17) is 0 Å². The number of hydrogen-bond acceptors (Lipinski definition) is 4. The first-order valence-corrected chi connectivity index (χ1v) is 8.61. The van der Waals surface area contributed by atoms with Crippen LogP contribution in [0.4, 0.5) is 23.8 Å². The first kappa shape index (κ1) is 19.7. The van der Waals surface area contributed by atoms with Crippen LogP contribution in [0.1, 0.15) is 24.8 Å². The van der Waals surface area contributed by atoms with Gasteiger partial charge in [-0.2, -0.15) is 0 Å². The summed E-state index contributed by atoms with van der Waals surface area (Å²) in [6.45, 7) is 0.210. The molecule has 1 aromatic heterocycles. The third kappa shape index (κ3) is 4.44. The largest absolute Gasteiger partial charge is 0.573 e. The van der Waals surface area contributed by atoms with E-state index >= 15 is 0 Å². The smallest absolute Gasteiger partial charge is 0.406 e. The van der Waals surface area contributed by atoms with Crippen LogP contribution < -0.4 is 20.9 Å². The lowest BCUT2D eigenvalue weighted by Gasteiger charge is -2.42. The van der Waals surface area contributed by atoms with Crippen molar-refractivity contribution in [2.45, 2.75) is 31.0 Å². The van der Waals surface area contributed by atoms with E-state index in [0.29, 0.717) is 18.4 Å². The van der Waals surface area contributed by atoms with Crippen molar-refractivity contribution in [1.29, 1.82) is 0 Å². The minimum absolute atomic E-state index is 0.106. The molecule has 2 aromatic rings. The summed E-state index contributed by atoms with van der Waals surface area (Å²) in [5, 5.41) is 5.08. The van der Waals surface area contributed by atoms with E-state index in [1.165, 1.54) is 42.2 Å². The zero-order valence-corrected chi connectivity index (χ0v) is 15.0. The molecule has 0 saturated heterocycles. The highest BCUT2D eigenvalue weighted by atomic mass is 19.4. The standard InChI is InChI=1S/C18H19F3N4O3/c1-25-9-8-22-14(15(25)26)24-16(27)23-11-17(6-3-7-17)12-4-2-5-13(10-12)28-18(19,20)21/h2,4-5,8-10H,3,6-7,11H2,1H3,(H2,22,23,24,27). The van der Waals surface area contributed by atoms with Crippen LogP contribution in [-0.4, -0.2) is 28.5 Å². The van der Waals surface area contributed by atoms with Gasteiger partial charge in [0.25, 0.3) is 5.56 Å². The highest BCUT2D eigenvalue weighted by molar-refractivity contribution is 5.88. The van der Waals surface area contributed by atoms with Crippen molar-refractivity contribution < 1.29 is 22.7 Å². The molecule has 1 aliphatic carbocycles. The van der Waals surface area contributed by atoms with Crippen LogP contribution >= 0.6 is 0 Å². The van der Waals surface area contributed by atoms with E-state index in [0.717, 1.165) is 6.42 Å². The molecular weight excluding hydrogens is 377 g/mol. The van der Waals surface area contributed by atoms with Crippen molar-refractivity contribution in [3.63, 3.8) is 0 Å². The van der Waals surface area contributed by atoms with Gasteiger partial charge in [-0.3, -0.25) is 10.1 Å². The second kappa shape index (κ2) is 7.53. The molecule has 7 nitrogen and oxygen atoms in total. The fourth-order valence-electron chi connectivity index (χ4n) is 3.18. The molecule has 1 saturated carbocycles. The molecule has 0 radical (unpaired) electrons. The maximum atomic E-state index is 12.5. The Balaban J connectivity index is 1.68. The molecule has 0 unspecified atom stereocenters. The van der Waals surface area contributed by atoms with Crippen LogP contribution in [0, 0.1) is 0 Å². The zero-order chi connectivity index (χ0) is 20.4. The molecule has 0 bridgehead atoms. The van der Waals surface area contributed by atoms with Crippen LogP contribution in [0.5, 0.6) is 5.75 Å². The first-order valence-electron chi connectivity index (χ1n) is 8.61. The minimum Gasteiger partial charge on any atom is -0.406 e. The van der Waals surface area contributed by atoms with E-state index in [1.54, 1.807) is 6.07 Å². The molecular formula is C18H19F3N4O3. The Morgan fingerprint density at radius 1 is 1.36 bits per heavy atom. The lowest BCUT2D eigenvalue weighted by molar-refractivity contribution is -0.274. The van der Waals surface area contributed by atoms with Crippen molar-refractivity contribution in [2.24, 2.45) is 7.05 Å². The Morgan fingerprint density at radius 2 is 2.11 bits per heavy atom. The number of aryl methyl sites for hydroxylation is 1. The van der Waals surface area contributed by atoms with E-state index in [1.807, 2.05) is 0 Å². The maximum Gasteiger partial charge on any atom is 0.573 e. The molecule has 0 spiro atoms. The van der Waals surface area contributed by atoms with E-state index < -0.39 is 23.4 Å². The van der Waals surface area contributed by atoms with Gasteiger partial charge in [-0.15, -0.1) is 13.2 Å². The molecule has 2 N–H and O–H groups in total. The van der Waals surface area contributed by atoms with Gasteiger partial charge < -0.3 is 14.6 Å². The van der Waals surface area contributed by atoms with Gasteiger partial charge in [0.15, 0.2) is 0 Å². The Kier molecular flexibility index (Phi) is 5.30. The highest BCUT2D eigenvalue weighted by Gasteiger charge is 2.40. The molecule has 150 valence electrons. The first-order chi connectivity index (χ1) is 13.2. The number of amides is 2. The fraction of sp³-hybridized carbons (Fsp3) is 0.389. The van der Waals surface area contributed by atoms with Crippen molar-refractivity contribution in [3.05, 3.63) is 52.6 Å². The van der Waals surface area contributed by atoms with Crippen molar-refractivity contribution in [1.82, 2.24) is 14.9 Å². The number of carbonyl (C=O) groups is 1. The Labute approximate surface area is 158 Å². The second-order valence-electron chi connectivity index (χ2n) is 6.71. The van der Waals surface area contributed by atoms with Crippen molar-refractivity contribution in [2.75, 3.05) is 11.9 Å². The quantitative estimate of drug-likeness (QED) is 0.814. The van der Waals surface area contributed by atoms with Gasteiger partial charge in [0, 0.05) is 31.4 Å². The molecule has 2 amide bonds. The van der Waals surface area contributed by atoms with Crippen LogP contribution in [-0.2, 0) is 12.5 Å². The van der Waals surface area contributed by atoms with Gasteiger partial charge in [0.05, 0.1) is 0 Å². The summed E-state index contributed by atoms with van der Waals surface area (Å²) in [4.78, 5) is 27.9. The molecule has 0 atom stereocenters. The zero-order valence-electron chi connectivity index (χ0n) is 15.0. The summed E-state index contributed by atoms with van der Waals surface area (Å²) < 4.78 is 42.7. The molecule has 1 heterocycles. The Bertz CT molecular complexity index is 923. The molecule has 0 aliphatic heterocycles. The predicted octanol–water partition coefficient (Wildman–Crippen LogP) is 2.92. The number of aromatic nitrogens is 2. The SMILES string of the molecule is Cn1ccnc(NC(=O)NCC2(c3cccc(OC(F)(F)F)c3)CCC2)c1=O. The van der Waals surface area contributed by atoms with Gasteiger partial charge in [-0.1, -0.05) is 18.6 Å². The fourth-order valence-corrected chi connectivity index (χ4v) is 3.18. The number of alkyl halides is 3. The van der Waals surface area contributed by atoms with Crippen molar-refractivity contribution in [3.8, 4) is 5.75 Å². The number of urea groups is 1. The minimum atomic E-state index is -4.77. The molecule has 10 heteroatoms. The maximum absolute atomic E-state index is 12.5. The van der Waals surface area contributed by atoms with Gasteiger partial charge in [0.1, 0.15) is 5.75 Å². The number of halogens is 3. The number of benzene rings is 1. The number of ether oxygens (including phenoxy) is 1. The van der Waals surface area contributed by atoms with Crippen LogP contribution in [0.25, 0.3) is 0 Å². The molecule has 1 fully saturated rings. The number of nitrogens with zero attached hydrogens (tertiary/aromatic N) is 2. The van der Waals surface area contributed by atoms with Crippen LogP contribution in [0.2, 0.25) is 0 Å². The topological polar surface area (TPSA) is 85.2 Å². The number of hydrogen-bond donors (Lipinski definition) is 2. The van der Waals surface area contributed by atoms with Gasteiger partial charge in [-0.05, 0) is 30.5 Å². The molecule has 3 rings (SSSR count). The lowest BCUT2D eigenvalue weighted by Crippen LogP contribution is -2.47. The summed E-state index contributed by atoms with van der Waals surface area (Å²) in [6, 6.07) is 5.19. The average Bonchev–Trinajstić information content (AvgIpc) is 2.57. The van der Waals surface area contributed by atoms with Gasteiger partial charge in [-0.25, -0.2) is 9.78 Å². The third-order valence-electron chi connectivity index (χ3n) is 4.83. The molecule has 1 aromatic carbocycles. The Hall–Kier alpha value is -3.04. The van der Waals surface area contributed by atoms with Crippen molar-refractivity contribution >= 4 is 11.8 Å². The monoisotopic (exact) mass is 396 g/mol. The summed E-state index contributed by atoms with van der Waals surface area (Å²) >= 11 is 0. The molecule has 1 aliphatic rings. The summed E-state index contributed by atoms with van der Waals surface area (Å²) in [5.41, 5.74) is -0.264. The van der Waals surface area contributed by atoms with Crippen LogP contribution in [0.15, 0.2) is 41.5 Å². The predicted molar refractivity (Wildman–Crippen MR) is 95.2 cm³/mol. The normalized spacial score (nSPS) is 15.4. The van der Waals surface area contributed by atoms with Gasteiger partial charge in [0.2, 0.25) is 5.82 Å². The van der Waals surface area contributed by atoms with Gasteiger partial charge >= 0.3 is 12.4 Å².